The van der Waals surface area contributed by atoms with E-state index < -0.39 is 0 Å². The van der Waals surface area contributed by atoms with Crippen molar-refractivity contribution in [3.05, 3.63) is 35.8 Å². The molecule has 2 rings (SSSR count). The number of hydrogen-bond acceptors (Lipinski definition) is 4. The molecule has 0 aromatic carbocycles. The van der Waals surface area contributed by atoms with Crippen LogP contribution in [0.15, 0.2) is 24.5 Å². The first kappa shape index (κ1) is 10.6. The fourth-order valence-corrected chi connectivity index (χ4v) is 1.59. The first-order valence-electron chi connectivity index (χ1n) is 4.80. The molecular formula is C11H12N2O3. The standard InChI is InChI=1S/C11H12N2O3/c1-15-7-8-6-12-10-9(11(14)16-2)4-3-5-13(8)10/h3-6H,7H2,1-2H3. The van der Waals surface area contributed by atoms with Crippen molar-refractivity contribution in [2.24, 2.45) is 0 Å². The number of ether oxygens (including phenoxy) is 2. The van der Waals surface area contributed by atoms with Crippen LogP contribution in [0.3, 0.4) is 0 Å². The number of hydrogen-bond donors (Lipinski definition) is 0. The second kappa shape index (κ2) is 4.32. The van der Waals surface area contributed by atoms with Gasteiger partial charge in [-0.25, -0.2) is 9.78 Å². The molecule has 0 amide bonds. The molecule has 0 aliphatic rings. The van der Waals surface area contributed by atoms with Crippen molar-refractivity contribution in [1.29, 1.82) is 0 Å². The lowest BCUT2D eigenvalue weighted by atomic mass is 10.3. The normalized spacial score (nSPS) is 10.6. The molecule has 0 saturated carbocycles. The number of rotatable bonds is 3. The van der Waals surface area contributed by atoms with E-state index in [1.165, 1.54) is 7.11 Å². The maximum Gasteiger partial charge on any atom is 0.341 e. The van der Waals surface area contributed by atoms with Crippen molar-refractivity contribution in [2.45, 2.75) is 6.61 Å². The van der Waals surface area contributed by atoms with Gasteiger partial charge >= 0.3 is 5.97 Å². The summed E-state index contributed by atoms with van der Waals surface area (Å²) in [6, 6.07) is 3.46. The molecule has 2 aromatic heterocycles. The molecule has 2 aromatic rings. The number of carbonyl (C=O) groups excluding carboxylic acids is 1. The van der Waals surface area contributed by atoms with Crippen molar-refractivity contribution in [3.63, 3.8) is 0 Å². The largest absolute Gasteiger partial charge is 0.465 e. The molecule has 0 saturated heterocycles. The van der Waals surface area contributed by atoms with Gasteiger partial charge in [0.25, 0.3) is 0 Å². The van der Waals surface area contributed by atoms with Crippen LogP contribution in [-0.4, -0.2) is 29.6 Å². The second-order valence-electron chi connectivity index (χ2n) is 3.29. The Morgan fingerprint density at radius 1 is 1.50 bits per heavy atom. The van der Waals surface area contributed by atoms with Crippen molar-refractivity contribution >= 4 is 11.6 Å². The van der Waals surface area contributed by atoms with E-state index in [4.69, 9.17) is 9.47 Å². The van der Waals surface area contributed by atoms with Gasteiger partial charge in [0.15, 0.2) is 5.65 Å². The van der Waals surface area contributed by atoms with E-state index in [1.807, 2.05) is 10.6 Å². The number of pyridine rings is 1. The van der Waals surface area contributed by atoms with Gasteiger partial charge in [0, 0.05) is 13.3 Å². The summed E-state index contributed by atoms with van der Waals surface area (Å²) in [5.41, 5.74) is 1.93. The summed E-state index contributed by atoms with van der Waals surface area (Å²) >= 11 is 0. The second-order valence-corrected chi connectivity index (χ2v) is 3.29. The Morgan fingerprint density at radius 2 is 2.31 bits per heavy atom. The fraction of sp³-hybridized carbons (Fsp3) is 0.273. The summed E-state index contributed by atoms with van der Waals surface area (Å²) in [6.07, 6.45) is 3.52. The molecule has 0 fully saturated rings. The third kappa shape index (κ3) is 1.65. The minimum atomic E-state index is -0.389. The van der Waals surface area contributed by atoms with E-state index in [0.29, 0.717) is 17.8 Å². The van der Waals surface area contributed by atoms with Crippen LogP contribution in [0.4, 0.5) is 0 Å². The van der Waals surface area contributed by atoms with Gasteiger partial charge < -0.3 is 13.9 Å². The average molecular weight is 220 g/mol. The van der Waals surface area contributed by atoms with Crippen LogP contribution in [0.25, 0.3) is 5.65 Å². The smallest absolute Gasteiger partial charge is 0.341 e. The highest BCUT2D eigenvalue weighted by Gasteiger charge is 2.13. The molecule has 0 aliphatic carbocycles. The Bertz CT molecular complexity index is 519. The van der Waals surface area contributed by atoms with Crippen molar-refractivity contribution in [3.8, 4) is 0 Å². The number of imidazole rings is 1. The average Bonchev–Trinajstić information content (AvgIpc) is 2.72. The lowest BCUT2D eigenvalue weighted by Gasteiger charge is -2.03. The summed E-state index contributed by atoms with van der Waals surface area (Å²) < 4.78 is 11.5. The van der Waals surface area contributed by atoms with Crippen molar-refractivity contribution in [2.75, 3.05) is 14.2 Å². The summed E-state index contributed by atoms with van der Waals surface area (Å²) in [6.45, 7) is 0.450. The van der Waals surface area contributed by atoms with Crippen LogP contribution < -0.4 is 0 Å². The lowest BCUT2D eigenvalue weighted by Crippen LogP contribution is -2.05. The number of methoxy groups -OCH3 is 2. The molecule has 16 heavy (non-hydrogen) atoms. The Kier molecular flexibility index (Phi) is 2.87. The van der Waals surface area contributed by atoms with Gasteiger partial charge in [0.05, 0.1) is 25.6 Å². The third-order valence-electron chi connectivity index (χ3n) is 2.31. The summed E-state index contributed by atoms with van der Waals surface area (Å²) in [7, 11) is 2.97. The van der Waals surface area contributed by atoms with Gasteiger partial charge in [0.2, 0.25) is 0 Å². The maximum absolute atomic E-state index is 11.5. The van der Waals surface area contributed by atoms with Crippen molar-refractivity contribution in [1.82, 2.24) is 9.38 Å². The molecule has 0 N–H and O–H groups in total. The van der Waals surface area contributed by atoms with Crippen LogP contribution in [0.2, 0.25) is 0 Å². The zero-order chi connectivity index (χ0) is 11.5. The minimum absolute atomic E-state index is 0.389. The Labute approximate surface area is 92.6 Å². The summed E-state index contributed by atoms with van der Waals surface area (Å²) in [5.74, 6) is -0.389. The molecular weight excluding hydrogens is 208 g/mol. The third-order valence-corrected chi connectivity index (χ3v) is 2.31. The van der Waals surface area contributed by atoms with Gasteiger partial charge in [-0.3, -0.25) is 0 Å². The highest BCUT2D eigenvalue weighted by Crippen LogP contribution is 2.13. The first-order chi connectivity index (χ1) is 7.77. The monoisotopic (exact) mass is 220 g/mol. The zero-order valence-corrected chi connectivity index (χ0v) is 9.14. The Balaban J connectivity index is 2.57. The van der Waals surface area contributed by atoms with Gasteiger partial charge in [-0.1, -0.05) is 0 Å². The molecule has 0 atom stereocenters. The topological polar surface area (TPSA) is 52.8 Å². The van der Waals surface area contributed by atoms with Gasteiger partial charge in [-0.15, -0.1) is 0 Å². The number of esters is 1. The van der Waals surface area contributed by atoms with Crippen LogP contribution in [-0.2, 0) is 16.1 Å². The van der Waals surface area contributed by atoms with E-state index in [2.05, 4.69) is 4.98 Å². The number of fused-ring (bicyclic) bond motifs is 1. The van der Waals surface area contributed by atoms with E-state index in [9.17, 15) is 4.79 Å². The molecule has 0 bridgehead atoms. The molecule has 0 radical (unpaired) electrons. The predicted molar refractivity (Wildman–Crippen MR) is 57.2 cm³/mol. The van der Waals surface area contributed by atoms with Gasteiger partial charge in [0.1, 0.15) is 5.56 Å². The number of carbonyl (C=O) groups is 1. The first-order valence-corrected chi connectivity index (χ1v) is 4.80. The maximum atomic E-state index is 11.5. The molecule has 5 nitrogen and oxygen atoms in total. The van der Waals surface area contributed by atoms with Crippen LogP contribution >= 0.6 is 0 Å². The zero-order valence-electron chi connectivity index (χ0n) is 9.14. The fourth-order valence-electron chi connectivity index (χ4n) is 1.59. The number of nitrogens with zero attached hydrogens (tertiary/aromatic N) is 2. The van der Waals surface area contributed by atoms with E-state index in [1.54, 1.807) is 25.4 Å². The summed E-state index contributed by atoms with van der Waals surface area (Å²) in [4.78, 5) is 15.7. The van der Waals surface area contributed by atoms with Crippen LogP contribution in [0.5, 0.6) is 0 Å². The Morgan fingerprint density at radius 3 is 3.00 bits per heavy atom. The molecule has 5 heteroatoms. The van der Waals surface area contributed by atoms with Gasteiger partial charge in [-0.2, -0.15) is 0 Å². The van der Waals surface area contributed by atoms with Crippen molar-refractivity contribution < 1.29 is 14.3 Å². The highest BCUT2D eigenvalue weighted by molar-refractivity contribution is 5.95. The molecule has 2 heterocycles. The Hall–Kier alpha value is -1.88. The van der Waals surface area contributed by atoms with E-state index in [-0.39, 0.29) is 5.97 Å². The quantitative estimate of drug-likeness (QED) is 0.731. The lowest BCUT2D eigenvalue weighted by molar-refractivity contribution is 0.0602. The van der Waals surface area contributed by atoms with Gasteiger partial charge in [-0.05, 0) is 12.1 Å². The highest BCUT2D eigenvalue weighted by atomic mass is 16.5. The van der Waals surface area contributed by atoms with E-state index >= 15 is 0 Å². The molecule has 0 spiro atoms. The van der Waals surface area contributed by atoms with Crippen LogP contribution in [0.1, 0.15) is 16.1 Å². The molecule has 0 unspecified atom stereocenters. The molecule has 84 valence electrons. The number of aromatic nitrogens is 2. The molecule has 0 aliphatic heterocycles. The van der Waals surface area contributed by atoms with Crippen LogP contribution in [0, 0.1) is 0 Å². The van der Waals surface area contributed by atoms with E-state index in [0.717, 1.165) is 5.69 Å². The SMILES string of the molecule is COCc1cnc2c(C(=O)OC)cccn12. The minimum Gasteiger partial charge on any atom is -0.465 e. The predicted octanol–water partition coefficient (Wildman–Crippen LogP) is 1.27. The summed E-state index contributed by atoms with van der Waals surface area (Å²) in [5, 5.41) is 0.